The third kappa shape index (κ3) is 5.26. The molecule has 0 radical (unpaired) electrons. The quantitative estimate of drug-likeness (QED) is 0.792. The van der Waals surface area contributed by atoms with Gasteiger partial charge in [0.2, 0.25) is 5.91 Å². The highest BCUT2D eigenvalue weighted by molar-refractivity contribution is 5.96. The number of morpholine rings is 1. The number of rotatable bonds is 6. The van der Waals surface area contributed by atoms with E-state index in [9.17, 15) is 14.0 Å². The number of nitrogens with one attached hydrogen (secondary N) is 2. The standard InChI is InChI=1S/C20H28FN3O3/c21-17-6-4-5-16(13-17)19(26)22-14-18(25)23-15-20(7-2-1-3-8-20)24-9-11-27-12-10-24/h4-6,13H,1-3,7-12,14-15H2,(H,22,26)(H,23,25). The van der Waals surface area contributed by atoms with Crippen molar-refractivity contribution in [1.82, 2.24) is 15.5 Å². The average molecular weight is 377 g/mol. The number of nitrogens with zero attached hydrogens (tertiary/aromatic N) is 1. The Labute approximate surface area is 159 Å². The van der Waals surface area contributed by atoms with Crippen LogP contribution < -0.4 is 10.6 Å². The Morgan fingerprint density at radius 3 is 2.56 bits per heavy atom. The van der Waals surface area contributed by atoms with Crippen molar-refractivity contribution in [3.05, 3.63) is 35.6 Å². The van der Waals surface area contributed by atoms with Crippen LogP contribution in [0, 0.1) is 5.82 Å². The molecule has 6 nitrogen and oxygen atoms in total. The fraction of sp³-hybridized carbons (Fsp3) is 0.600. The molecule has 2 amide bonds. The zero-order valence-corrected chi connectivity index (χ0v) is 15.6. The maximum Gasteiger partial charge on any atom is 0.251 e. The van der Waals surface area contributed by atoms with Crippen LogP contribution in [0.4, 0.5) is 4.39 Å². The van der Waals surface area contributed by atoms with Gasteiger partial charge in [0, 0.05) is 30.7 Å². The van der Waals surface area contributed by atoms with Gasteiger partial charge in [-0.05, 0) is 31.0 Å². The summed E-state index contributed by atoms with van der Waals surface area (Å²) in [6, 6.07) is 5.42. The van der Waals surface area contributed by atoms with E-state index in [0.717, 1.165) is 45.2 Å². The van der Waals surface area contributed by atoms with Crippen molar-refractivity contribution in [2.45, 2.75) is 37.6 Å². The van der Waals surface area contributed by atoms with Gasteiger partial charge >= 0.3 is 0 Å². The second-order valence-electron chi connectivity index (χ2n) is 7.35. The summed E-state index contributed by atoms with van der Waals surface area (Å²) in [7, 11) is 0. The number of amides is 2. The molecule has 0 atom stereocenters. The van der Waals surface area contributed by atoms with Gasteiger partial charge in [0.15, 0.2) is 0 Å². The summed E-state index contributed by atoms with van der Waals surface area (Å²) in [6.07, 6.45) is 5.72. The van der Waals surface area contributed by atoms with Gasteiger partial charge in [0.1, 0.15) is 5.82 Å². The lowest BCUT2D eigenvalue weighted by atomic mass is 9.79. The minimum Gasteiger partial charge on any atom is -0.379 e. The van der Waals surface area contributed by atoms with E-state index in [0.29, 0.717) is 6.54 Å². The van der Waals surface area contributed by atoms with E-state index in [4.69, 9.17) is 4.74 Å². The second-order valence-corrected chi connectivity index (χ2v) is 7.35. The van der Waals surface area contributed by atoms with Crippen molar-refractivity contribution in [3.8, 4) is 0 Å². The third-order valence-electron chi connectivity index (χ3n) is 5.58. The molecule has 2 N–H and O–H groups in total. The number of hydrogen-bond donors (Lipinski definition) is 2. The van der Waals surface area contributed by atoms with Crippen molar-refractivity contribution in [1.29, 1.82) is 0 Å². The van der Waals surface area contributed by atoms with Gasteiger partial charge < -0.3 is 15.4 Å². The van der Waals surface area contributed by atoms with Gasteiger partial charge in [-0.15, -0.1) is 0 Å². The lowest BCUT2D eigenvalue weighted by Crippen LogP contribution is -2.60. The number of benzene rings is 1. The predicted molar refractivity (Wildman–Crippen MR) is 100.0 cm³/mol. The molecule has 1 aromatic rings. The van der Waals surface area contributed by atoms with E-state index in [1.807, 2.05) is 0 Å². The number of carbonyl (C=O) groups is 2. The molecule has 1 saturated carbocycles. The van der Waals surface area contributed by atoms with E-state index >= 15 is 0 Å². The van der Waals surface area contributed by atoms with Crippen LogP contribution in [-0.4, -0.2) is 61.6 Å². The van der Waals surface area contributed by atoms with E-state index in [-0.39, 0.29) is 23.6 Å². The van der Waals surface area contributed by atoms with Crippen molar-refractivity contribution in [2.24, 2.45) is 0 Å². The molecule has 0 unspecified atom stereocenters. The normalized spacial score (nSPS) is 20.0. The van der Waals surface area contributed by atoms with Crippen molar-refractivity contribution in [3.63, 3.8) is 0 Å². The molecule has 27 heavy (non-hydrogen) atoms. The van der Waals surface area contributed by atoms with Gasteiger partial charge in [-0.2, -0.15) is 0 Å². The first-order chi connectivity index (χ1) is 13.1. The summed E-state index contributed by atoms with van der Waals surface area (Å²) in [5.41, 5.74) is 0.199. The zero-order valence-electron chi connectivity index (χ0n) is 15.6. The minimum absolute atomic E-state index is 0.00967. The molecule has 3 rings (SSSR count). The highest BCUT2D eigenvalue weighted by Crippen LogP contribution is 2.33. The smallest absolute Gasteiger partial charge is 0.251 e. The van der Waals surface area contributed by atoms with Crippen molar-refractivity contribution >= 4 is 11.8 Å². The fourth-order valence-corrected chi connectivity index (χ4v) is 4.07. The topological polar surface area (TPSA) is 70.7 Å². The molecule has 2 aliphatic rings. The van der Waals surface area contributed by atoms with Gasteiger partial charge in [-0.25, -0.2) is 4.39 Å². The van der Waals surface area contributed by atoms with Crippen LogP contribution in [0.15, 0.2) is 24.3 Å². The Balaban J connectivity index is 1.51. The second kappa shape index (κ2) is 9.28. The highest BCUT2D eigenvalue weighted by Gasteiger charge is 2.38. The maximum atomic E-state index is 13.2. The van der Waals surface area contributed by atoms with Gasteiger partial charge in [-0.1, -0.05) is 25.3 Å². The van der Waals surface area contributed by atoms with E-state index in [1.54, 1.807) is 0 Å². The first-order valence-corrected chi connectivity index (χ1v) is 9.72. The molecule has 0 spiro atoms. The first-order valence-electron chi connectivity index (χ1n) is 9.72. The number of halogens is 1. The van der Waals surface area contributed by atoms with Crippen molar-refractivity contribution in [2.75, 3.05) is 39.4 Å². The minimum atomic E-state index is -0.475. The molecular formula is C20H28FN3O3. The van der Waals surface area contributed by atoms with Gasteiger partial charge in [0.25, 0.3) is 5.91 Å². The fourth-order valence-electron chi connectivity index (χ4n) is 4.07. The molecular weight excluding hydrogens is 349 g/mol. The zero-order chi connectivity index (χ0) is 19.1. The molecule has 7 heteroatoms. The predicted octanol–water partition coefficient (Wildman–Crippen LogP) is 1.71. The molecule has 1 aliphatic carbocycles. The molecule has 1 heterocycles. The molecule has 0 aromatic heterocycles. The number of hydrogen-bond acceptors (Lipinski definition) is 4. The molecule has 1 saturated heterocycles. The maximum absolute atomic E-state index is 13.2. The summed E-state index contributed by atoms with van der Waals surface area (Å²) in [5.74, 6) is -1.15. The number of carbonyl (C=O) groups excluding carboxylic acids is 2. The Kier molecular flexibility index (Phi) is 6.79. The average Bonchev–Trinajstić information content (AvgIpc) is 2.72. The summed E-state index contributed by atoms with van der Waals surface area (Å²) in [5, 5.41) is 5.55. The Morgan fingerprint density at radius 2 is 1.85 bits per heavy atom. The van der Waals surface area contributed by atoms with E-state index < -0.39 is 11.7 Å². The Hall–Kier alpha value is -1.99. The lowest BCUT2D eigenvalue weighted by Gasteiger charge is -2.48. The highest BCUT2D eigenvalue weighted by atomic mass is 19.1. The largest absolute Gasteiger partial charge is 0.379 e. The van der Waals surface area contributed by atoms with Crippen LogP contribution >= 0.6 is 0 Å². The Bertz CT molecular complexity index is 656. The van der Waals surface area contributed by atoms with Crippen LogP contribution in [-0.2, 0) is 9.53 Å². The van der Waals surface area contributed by atoms with Gasteiger partial charge in [0.05, 0.1) is 19.8 Å². The summed E-state index contributed by atoms with van der Waals surface area (Å²) in [4.78, 5) is 26.8. The third-order valence-corrected chi connectivity index (χ3v) is 5.58. The van der Waals surface area contributed by atoms with E-state index in [1.165, 1.54) is 37.5 Å². The molecule has 148 valence electrons. The molecule has 2 fully saturated rings. The lowest BCUT2D eigenvalue weighted by molar-refractivity contribution is -0.121. The van der Waals surface area contributed by atoms with Crippen LogP contribution in [0.2, 0.25) is 0 Å². The van der Waals surface area contributed by atoms with Crippen LogP contribution in [0.5, 0.6) is 0 Å². The first kappa shape index (κ1) is 19.8. The van der Waals surface area contributed by atoms with Crippen LogP contribution in [0.1, 0.15) is 42.5 Å². The summed E-state index contributed by atoms with van der Waals surface area (Å²) >= 11 is 0. The van der Waals surface area contributed by atoms with E-state index in [2.05, 4.69) is 15.5 Å². The molecule has 1 aromatic carbocycles. The van der Waals surface area contributed by atoms with Crippen LogP contribution in [0.3, 0.4) is 0 Å². The summed E-state index contributed by atoms with van der Waals surface area (Å²) in [6.45, 7) is 3.73. The molecule has 0 bridgehead atoms. The number of ether oxygens (including phenoxy) is 1. The summed E-state index contributed by atoms with van der Waals surface area (Å²) < 4.78 is 18.7. The monoisotopic (exact) mass is 377 g/mol. The Morgan fingerprint density at radius 1 is 1.11 bits per heavy atom. The van der Waals surface area contributed by atoms with Crippen LogP contribution in [0.25, 0.3) is 0 Å². The van der Waals surface area contributed by atoms with Crippen molar-refractivity contribution < 1.29 is 18.7 Å². The SMILES string of the molecule is O=C(CNC(=O)c1cccc(F)c1)NCC1(N2CCOCC2)CCCCC1. The van der Waals surface area contributed by atoms with Gasteiger partial charge in [-0.3, -0.25) is 14.5 Å². The molecule has 1 aliphatic heterocycles.